The van der Waals surface area contributed by atoms with Gasteiger partial charge in [-0.2, -0.15) is 13.2 Å². The lowest BCUT2D eigenvalue weighted by Crippen LogP contribution is -2.49. The van der Waals surface area contributed by atoms with Gasteiger partial charge in [0.15, 0.2) is 0 Å². The molecule has 7 nitrogen and oxygen atoms in total. The summed E-state index contributed by atoms with van der Waals surface area (Å²) in [5.74, 6) is -0.0617. The van der Waals surface area contributed by atoms with Gasteiger partial charge >= 0.3 is 6.18 Å². The van der Waals surface area contributed by atoms with Gasteiger partial charge < -0.3 is 20.1 Å². The minimum Gasteiger partial charge on any atom is -0.488 e. The molecule has 10 heteroatoms. The number of hydrogen-bond acceptors (Lipinski definition) is 5. The van der Waals surface area contributed by atoms with E-state index in [4.69, 9.17) is 4.74 Å². The summed E-state index contributed by atoms with van der Waals surface area (Å²) in [6.45, 7) is 4.76. The summed E-state index contributed by atoms with van der Waals surface area (Å²) in [5.41, 5.74) is 0.870. The van der Waals surface area contributed by atoms with E-state index >= 15 is 0 Å². The summed E-state index contributed by atoms with van der Waals surface area (Å²) in [4.78, 5) is 29.4. The fourth-order valence-corrected chi connectivity index (χ4v) is 4.59. The monoisotopic (exact) mass is 533 g/mol. The first kappa shape index (κ1) is 27.9. The molecule has 2 aliphatic rings. The third-order valence-corrected chi connectivity index (χ3v) is 7.11. The second kappa shape index (κ2) is 11.3. The molecule has 4 rings (SSSR count). The zero-order chi connectivity index (χ0) is 27.6. The van der Waals surface area contributed by atoms with Crippen LogP contribution in [0.25, 0.3) is 0 Å². The van der Waals surface area contributed by atoms with Crippen molar-refractivity contribution in [1.82, 2.24) is 9.80 Å². The summed E-state index contributed by atoms with van der Waals surface area (Å²) in [7, 11) is 1.86. The Morgan fingerprint density at radius 1 is 1.21 bits per heavy atom. The number of carbonyl (C=O) groups is 2. The normalized spacial score (nSPS) is 20.8. The van der Waals surface area contributed by atoms with Crippen molar-refractivity contribution >= 4 is 17.5 Å². The zero-order valence-corrected chi connectivity index (χ0v) is 21.8. The fraction of sp³-hybridized carbons (Fsp3) is 0.500. The van der Waals surface area contributed by atoms with Crippen LogP contribution in [0.15, 0.2) is 42.5 Å². The quantitative estimate of drug-likeness (QED) is 0.526. The molecule has 1 saturated carbocycles. The lowest BCUT2D eigenvalue weighted by molar-refractivity contribution is -0.137. The number of ether oxygens (including phenoxy) is 1. The first-order valence-electron chi connectivity index (χ1n) is 12.8. The van der Waals surface area contributed by atoms with E-state index < -0.39 is 17.8 Å². The van der Waals surface area contributed by atoms with Crippen molar-refractivity contribution in [3.63, 3.8) is 0 Å². The number of amides is 2. The molecule has 206 valence electrons. The average Bonchev–Trinajstić information content (AvgIpc) is 3.71. The second-order valence-corrected chi connectivity index (χ2v) is 10.5. The van der Waals surface area contributed by atoms with Crippen LogP contribution in [0.3, 0.4) is 0 Å². The van der Waals surface area contributed by atoms with Crippen molar-refractivity contribution < 1.29 is 32.6 Å². The highest BCUT2D eigenvalue weighted by atomic mass is 19.4. The van der Waals surface area contributed by atoms with Gasteiger partial charge in [0.2, 0.25) is 5.91 Å². The van der Waals surface area contributed by atoms with Gasteiger partial charge in [0.25, 0.3) is 5.91 Å². The fourth-order valence-electron chi connectivity index (χ4n) is 4.59. The number of aliphatic hydroxyl groups is 1. The number of fused-ring (bicyclic) bond motifs is 1. The molecule has 0 bridgehead atoms. The Hall–Kier alpha value is -3.11. The Kier molecular flexibility index (Phi) is 8.32. The number of nitrogens with zero attached hydrogens (tertiary/aromatic N) is 2. The van der Waals surface area contributed by atoms with E-state index in [9.17, 15) is 27.9 Å². The van der Waals surface area contributed by atoms with Crippen LogP contribution in [0.2, 0.25) is 0 Å². The molecule has 38 heavy (non-hydrogen) atoms. The highest BCUT2D eigenvalue weighted by Crippen LogP contribution is 2.33. The number of halogens is 3. The van der Waals surface area contributed by atoms with Crippen LogP contribution in [0.1, 0.15) is 48.2 Å². The largest absolute Gasteiger partial charge is 0.488 e. The number of nitrogens with one attached hydrogen (secondary N) is 1. The molecule has 3 atom stereocenters. The standard InChI is InChI=1S/C28H34F3N3O4/c1-17-13-34(18(2)16-35)27(37)23-12-22(32-26(36)20-6-7-20)10-11-24(23)38-25(17)15-33(3)14-19-4-8-21(9-5-19)28(29,30)31/h4-5,8-12,17-18,20,25,35H,6-7,13-16H2,1-3H3,(H,32,36)/t17-,18-,25-/m0/s1. The number of aliphatic hydroxyl groups excluding tert-OH is 1. The predicted octanol–water partition coefficient (Wildman–Crippen LogP) is 4.41. The van der Waals surface area contributed by atoms with E-state index in [-0.39, 0.29) is 36.4 Å². The van der Waals surface area contributed by atoms with Crippen LogP contribution in [-0.4, -0.2) is 65.6 Å². The van der Waals surface area contributed by atoms with Crippen molar-refractivity contribution in [3.8, 4) is 5.75 Å². The van der Waals surface area contributed by atoms with E-state index in [0.717, 1.165) is 30.5 Å². The molecule has 2 aromatic carbocycles. The summed E-state index contributed by atoms with van der Waals surface area (Å²) < 4.78 is 45.1. The van der Waals surface area contributed by atoms with Gasteiger partial charge in [0.1, 0.15) is 11.9 Å². The smallest absolute Gasteiger partial charge is 0.416 e. The Morgan fingerprint density at radius 2 is 1.89 bits per heavy atom. The molecule has 0 unspecified atom stereocenters. The van der Waals surface area contributed by atoms with Crippen molar-refractivity contribution in [1.29, 1.82) is 0 Å². The number of rotatable bonds is 8. The van der Waals surface area contributed by atoms with E-state index in [1.165, 1.54) is 12.1 Å². The molecule has 0 radical (unpaired) electrons. The van der Waals surface area contributed by atoms with E-state index in [1.54, 1.807) is 30.0 Å². The topological polar surface area (TPSA) is 82.1 Å². The van der Waals surface area contributed by atoms with Crippen molar-refractivity contribution in [3.05, 3.63) is 59.2 Å². The van der Waals surface area contributed by atoms with E-state index in [2.05, 4.69) is 5.32 Å². The maximum absolute atomic E-state index is 13.5. The summed E-state index contributed by atoms with van der Waals surface area (Å²) in [5, 5.41) is 12.7. The van der Waals surface area contributed by atoms with Gasteiger partial charge in [-0.25, -0.2) is 0 Å². The Bertz CT molecular complexity index is 1150. The molecule has 1 aliphatic heterocycles. The average molecular weight is 534 g/mol. The number of hydrogen-bond donors (Lipinski definition) is 2. The van der Waals surface area contributed by atoms with Crippen LogP contribution in [0.5, 0.6) is 5.75 Å². The maximum Gasteiger partial charge on any atom is 0.416 e. The SMILES string of the molecule is C[C@H]1CN([C@@H](C)CO)C(=O)c2cc(NC(=O)C3CC3)ccc2O[C@H]1CN(C)Cc1ccc(C(F)(F)F)cc1. The van der Waals surface area contributed by atoms with Crippen LogP contribution < -0.4 is 10.1 Å². The Balaban J connectivity index is 1.54. The highest BCUT2D eigenvalue weighted by molar-refractivity contribution is 6.00. The van der Waals surface area contributed by atoms with Gasteiger partial charge in [0, 0.05) is 37.2 Å². The minimum atomic E-state index is -4.38. The van der Waals surface area contributed by atoms with E-state index in [1.807, 2.05) is 18.9 Å². The van der Waals surface area contributed by atoms with Gasteiger partial charge in [0.05, 0.1) is 23.8 Å². The summed E-state index contributed by atoms with van der Waals surface area (Å²) in [6.07, 6.45) is -3.00. The molecule has 1 aliphatic carbocycles. The van der Waals surface area contributed by atoms with Gasteiger partial charge in [-0.1, -0.05) is 19.1 Å². The second-order valence-electron chi connectivity index (χ2n) is 10.5. The molecule has 0 saturated heterocycles. The van der Waals surface area contributed by atoms with Crippen molar-refractivity contribution in [2.24, 2.45) is 11.8 Å². The molecule has 2 N–H and O–H groups in total. The Labute approximate surface area is 220 Å². The van der Waals surface area contributed by atoms with E-state index in [0.29, 0.717) is 36.6 Å². The number of anilines is 1. The van der Waals surface area contributed by atoms with Crippen LogP contribution in [-0.2, 0) is 17.5 Å². The van der Waals surface area contributed by atoms with Crippen LogP contribution in [0, 0.1) is 11.8 Å². The molecular formula is C28H34F3N3O4. The molecule has 2 amide bonds. The molecule has 0 spiro atoms. The number of carbonyl (C=O) groups excluding carboxylic acids is 2. The van der Waals surface area contributed by atoms with Gasteiger partial charge in [-0.15, -0.1) is 0 Å². The zero-order valence-electron chi connectivity index (χ0n) is 21.8. The minimum absolute atomic E-state index is 0.0142. The molecule has 2 aromatic rings. The third kappa shape index (κ3) is 6.66. The number of alkyl halides is 3. The number of likely N-dealkylation sites (N-methyl/N-ethyl adjacent to an activating group) is 1. The summed E-state index contributed by atoms with van der Waals surface area (Å²) in [6, 6.07) is 9.68. The van der Waals surface area contributed by atoms with Gasteiger partial charge in [-0.3, -0.25) is 14.5 Å². The lowest BCUT2D eigenvalue weighted by Gasteiger charge is -2.38. The lowest BCUT2D eigenvalue weighted by atomic mass is 9.99. The van der Waals surface area contributed by atoms with Crippen LogP contribution >= 0.6 is 0 Å². The van der Waals surface area contributed by atoms with Crippen molar-refractivity contribution in [2.75, 3.05) is 32.1 Å². The Morgan fingerprint density at radius 3 is 2.50 bits per heavy atom. The maximum atomic E-state index is 13.5. The predicted molar refractivity (Wildman–Crippen MR) is 137 cm³/mol. The molecular weight excluding hydrogens is 499 g/mol. The summed E-state index contributed by atoms with van der Waals surface area (Å²) >= 11 is 0. The molecule has 0 aromatic heterocycles. The highest BCUT2D eigenvalue weighted by Gasteiger charge is 2.35. The van der Waals surface area contributed by atoms with Crippen molar-refractivity contribution in [2.45, 2.75) is 51.6 Å². The first-order valence-corrected chi connectivity index (χ1v) is 12.8. The van der Waals surface area contributed by atoms with Gasteiger partial charge in [-0.05, 0) is 62.7 Å². The molecule has 1 heterocycles. The van der Waals surface area contributed by atoms with Crippen LogP contribution in [0.4, 0.5) is 18.9 Å². The number of benzene rings is 2. The third-order valence-electron chi connectivity index (χ3n) is 7.11. The first-order chi connectivity index (χ1) is 18.0. The molecule has 1 fully saturated rings.